The number of benzene rings is 1. The van der Waals surface area contributed by atoms with Crippen molar-refractivity contribution in [3.8, 4) is 11.5 Å². The lowest BCUT2D eigenvalue weighted by atomic mass is 10.2. The molecule has 1 aromatic heterocycles. The monoisotopic (exact) mass is 270 g/mol. The van der Waals surface area contributed by atoms with Gasteiger partial charge in [-0.2, -0.15) is 0 Å². The van der Waals surface area contributed by atoms with Gasteiger partial charge in [0.05, 0.1) is 26.0 Å². The Hall–Kier alpha value is -2.23. The highest BCUT2D eigenvalue weighted by Crippen LogP contribution is 2.34. The number of aromatic nitrogens is 1. The number of rotatable bonds is 4. The molecule has 1 N–H and O–H groups in total. The standard InChI is InChI=1S/C16H18N2O2/c1-19-13-8-12(9-14(10-13)20-2)18-15-6-5-11-4-3-7-17-16(11)15/h3-4,7-10,15,18H,5-6H2,1-2H3. The van der Waals surface area contributed by atoms with Crippen molar-refractivity contribution < 1.29 is 9.47 Å². The van der Waals surface area contributed by atoms with Crippen LogP contribution in [0.15, 0.2) is 36.5 Å². The summed E-state index contributed by atoms with van der Waals surface area (Å²) in [5.41, 5.74) is 3.47. The van der Waals surface area contributed by atoms with Gasteiger partial charge in [0.15, 0.2) is 0 Å². The average molecular weight is 270 g/mol. The van der Waals surface area contributed by atoms with Gasteiger partial charge in [-0.25, -0.2) is 0 Å². The lowest BCUT2D eigenvalue weighted by molar-refractivity contribution is 0.394. The Kier molecular flexibility index (Phi) is 3.46. The summed E-state index contributed by atoms with van der Waals surface area (Å²) in [6.07, 6.45) is 3.98. The lowest BCUT2D eigenvalue weighted by Gasteiger charge is -2.16. The molecule has 3 rings (SSSR count). The molecule has 4 heteroatoms. The van der Waals surface area contributed by atoms with Crippen molar-refractivity contribution in [3.05, 3.63) is 47.8 Å². The van der Waals surface area contributed by atoms with Gasteiger partial charge in [-0.05, 0) is 24.5 Å². The molecule has 2 aromatic rings. The number of nitrogens with zero attached hydrogens (tertiary/aromatic N) is 1. The highest BCUT2D eigenvalue weighted by molar-refractivity contribution is 5.55. The van der Waals surface area contributed by atoms with E-state index in [-0.39, 0.29) is 6.04 Å². The minimum absolute atomic E-state index is 0.253. The normalized spacial score (nSPS) is 16.6. The number of hydrogen-bond acceptors (Lipinski definition) is 4. The molecule has 1 atom stereocenters. The molecule has 4 nitrogen and oxygen atoms in total. The van der Waals surface area contributed by atoms with Crippen molar-refractivity contribution in [2.45, 2.75) is 18.9 Å². The first-order valence-corrected chi connectivity index (χ1v) is 6.73. The summed E-state index contributed by atoms with van der Waals surface area (Å²) < 4.78 is 10.6. The molecule has 1 aliphatic rings. The van der Waals surface area contributed by atoms with Crippen LogP contribution in [0.3, 0.4) is 0 Å². The Bertz CT molecular complexity index is 591. The van der Waals surface area contributed by atoms with E-state index in [9.17, 15) is 0 Å². The van der Waals surface area contributed by atoms with Crippen molar-refractivity contribution in [2.75, 3.05) is 19.5 Å². The fourth-order valence-electron chi connectivity index (χ4n) is 2.65. The second-order valence-electron chi connectivity index (χ2n) is 4.88. The predicted molar refractivity (Wildman–Crippen MR) is 78.5 cm³/mol. The molecule has 1 unspecified atom stereocenters. The summed E-state index contributed by atoms with van der Waals surface area (Å²) in [6, 6.07) is 10.2. The molecule has 0 aliphatic heterocycles. The van der Waals surface area contributed by atoms with E-state index in [1.54, 1.807) is 14.2 Å². The van der Waals surface area contributed by atoms with Crippen LogP contribution in [0.4, 0.5) is 5.69 Å². The maximum Gasteiger partial charge on any atom is 0.124 e. The maximum atomic E-state index is 5.30. The van der Waals surface area contributed by atoms with E-state index in [2.05, 4.69) is 16.4 Å². The summed E-state index contributed by atoms with van der Waals surface area (Å²) in [6.45, 7) is 0. The zero-order valence-electron chi connectivity index (χ0n) is 11.7. The molecule has 0 saturated carbocycles. The Morgan fingerprint density at radius 1 is 1.15 bits per heavy atom. The third-order valence-electron chi connectivity index (χ3n) is 3.65. The minimum atomic E-state index is 0.253. The zero-order chi connectivity index (χ0) is 13.9. The number of ether oxygens (including phenoxy) is 2. The van der Waals surface area contributed by atoms with Gasteiger partial charge in [-0.3, -0.25) is 4.98 Å². The molecular weight excluding hydrogens is 252 g/mol. The molecule has 104 valence electrons. The van der Waals surface area contributed by atoms with Crippen LogP contribution in [0.25, 0.3) is 0 Å². The predicted octanol–water partition coefficient (Wildman–Crippen LogP) is 3.20. The summed E-state index contributed by atoms with van der Waals surface area (Å²) in [5.74, 6) is 1.57. The van der Waals surface area contributed by atoms with Gasteiger partial charge in [0.2, 0.25) is 0 Å². The van der Waals surface area contributed by atoms with Crippen LogP contribution < -0.4 is 14.8 Å². The Morgan fingerprint density at radius 3 is 2.60 bits per heavy atom. The van der Waals surface area contributed by atoms with Crippen LogP contribution in [-0.4, -0.2) is 19.2 Å². The Morgan fingerprint density at radius 2 is 1.90 bits per heavy atom. The van der Waals surface area contributed by atoms with Crippen molar-refractivity contribution in [2.24, 2.45) is 0 Å². The van der Waals surface area contributed by atoms with Crippen LogP contribution in [0, 0.1) is 0 Å². The second kappa shape index (κ2) is 5.41. The lowest BCUT2D eigenvalue weighted by Crippen LogP contribution is -2.08. The van der Waals surface area contributed by atoms with Gasteiger partial charge in [-0.15, -0.1) is 0 Å². The number of pyridine rings is 1. The van der Waals surface area contributed by atoms with Gasteiger partial charge in [-0.1, -0.05) is 6.07 Å². The number of aryl methyl sites for hydroxylation is 1. The first kappa shape index (κ1) is 12.8. The molecule has 0 amide bonds. The zero-order valence-corrected chi connectivity index (χ0v) is 11.7. The largest absolute Gasteiger partial charge is 0.497 e. The van der Waals surface area contributed by atoms with E-state index in [0.29, 0.717) is 0 Å². The molecule has 1 aromatic carbocycles. The molecule has 0 fully saturated rings. The highest BCUT2D eigenvalue weighted by atomic mass is 16.5. The van der Waals surface area contributed by atoms with Crippen molar-refractivity contribution >= 4 is 5.69 Å². The molecule has 0 spiro atoms. The Labute approximate surface area is 118 Å². The average Bonchev–Trinajstić information content (AvgIpc) is 2.90. The van der Waals surface area contributed by atoms with E-state index in [1.807, 2.05) is 30.5 Å². The second-order valence-corrected chi connectivity index (χ2v) is 4.88. The van der Waals surface area contributed by atoms with Crippen LogP contribution in [0.5, 0.6) is 11.5 Å². The van der Waals surface area contributed by atoms with Crippen molar-refractivity contribution in [1.29, 1.82) is 0 Å². The maximum absolute atomic E-state index is 5.30. The Balaban J connectivity index is 1.85. The van der Waals surface area contributed by atoms with Crippen LogP contribution in [0.1, 0.15) is 23.7 Å². The fraction of sp³-hybridized carbons (Fsp3) is 0.312. The van der Waals surface area contributed by atoms with E-state index in [1.165, 1.54) is 5.56 Å². The smallest absolute Gasteiger partial charge is 0.124 e. The number of hydrogen-bond donors (Lipinski definition) is 1. The summed E-state index contributed by atoms with van der Waals surface area (Å²) in [4.78, 5) is 4.50. The van der Waals surface area contributed by atoms with E-state index in [0.717, 1.165) is 35.7 Å². The number of anilines is 1. The molecule has 1 heterocycles. The van der Waals surface area contributed by atoms with Gasteiger partial charge in [0.1, 0.15) is 11.5 Å². The SMILES string of the molecule is COc1cc(NC2CCc3cccnc32)cc(OC)c1. The minimum Gasteiger partial charge on any atom is -0.497 e. The van der Waals surface area contributed by atoms with Crippen LogP contribution >= 0.6 is 0 Å². The number of methoxy groups -OCH3 is 2. The molecule has 20 heavy (non-hydrogen) atoms. The van der Waals surface area contributed by atoms with Gasteiger partial charge < -0.3 is 14.8 Å². The third-order valence-corrected chi connectivity index (χ3v) is 3.65. The fourth-order valence-corrected chi connectivity index (χ4v) is 2.65. The quantitative estimate of drug-likeness (QED) is 0.926. The molecular formula is C16H18N2O2. The van der Waals surface area contributed by atoms with Crippen molar-refractivity contribution in [1.82, 2.24) is 4.98 Å². The summed E-state index contributed by atoms with van der Waals surface area (Å²) in [7, 11) is 3.32. The van der Waals surface area contributed by atoms with Crippen molar-refractivity contribution in [3.63, 3.8) is 0 Å². The first-order valence-electron chi connectivity index (χ1n) is 6.73. The van der Waals surface area contributed by atoms with E-state index < -0.39 is 0 Å². The summed E-state index contributed by atoms with van der Waals surface area (Å²) >= 11 is 0. The van der Waals surface area contributed by atoms with Gasteiger partial charge in [0, 0.05) is 30.1 Å². The first-order chi connectivity index (χ1) is 9.80. The van der Waals surface area contributed by atoms with Crippen LogP contribution in [0.2, 0.25) is 0 Å². The summed E-state index contributed by atoms with van der Waals surface area (Å²) in [5, 5.41) is 3.52. The van der Waals surface area contributed by atoms with E-state index in [4.69, 9.17) is 9.47 Å². The van der Waals surface area contributed by atoms with Gasteiger partial charge >= 0.3 is 0 Å². The molecule has 1 aliphatic carbocycles. The number of nitrogens with one attached hydrogen (secondary N) is 1. The molecule has 0 radical (unpaired) electrons. The molecule has 0 bridgehead atoms. The van der Waals surface area contributed by atoms with Gasteiger partial charge in [0.25, 0.3) is 0 Å². The molecule has 0 saturated heterocycles. The highest BCUT2D eigenvalue weighted by Gasteiger charge is 2.23. The third kappa shape index (κ3) is 2.41. The number of fused-ring (bicyclic) bond motifs is 1. The van der Waals surface area contributed by atoms with E-state index >= 15 is 0 Å². The topological polar surface area (TPSA) is 43.4 Å². The van der Waals surface area contributed by atoms with Crippen LogP contribution in [-0.2, 0) is 6.42 Å².